The summed E-state index contributed by atoms with van der Waals surface area (Å²) in [4.78, 5) is 21.4. The molecule has 0 fully saturated rings. The van der Waals surface area contributed by atoms with Crippen LogP contribution >= 0.6 is 11.6 Å². The minimum absolute atomic E-state index is 0.164. The average Bonchev–Trinajstić information content (AvgIpc) is 2.64. The van der Waals surface area contributed by atoms with Crippen LogP contribution in [0.15, 0.2) is 11.2 Å². The fraction of sp³-hybridized carbons (Fsp3) is 0.444. The molecule has 0 spiro atoms. The van der Waals surface area contributed by atoms with E-state index < -0.39 is 34.4 Å². The Morgan fingerprint density at radius 3 is 2.50 bits per heavy atom. The third kappa shape index (κ3) is 3.92. The van der Waals surface area contributed by atoms with Gasteiger partial charge in [0.05, 0.1) is 11.2 Å². The molecule has 0 aliphatic heterocycles. The lowest BCUT2D eigenvalue weighted by Crippen LogP contribution is -2.41. The highest BCUT2D eigenvalue weighted by atomic mass is 35.5. The van der Waals surface area contributed by atoms with Gasteiger partial charge in [0.15, 0.2) is 5.03 Å². The number of hydrogen-bond acceptors (Lipinski definition) is 5. The normalized spacial score (nSPS) is 13.1. The predicted molar refractivity (Wildman–Crippen MR) is 66.8 cm³/mol. The number of hydrogen-bond donors (Lipinski definition) is 3. The Hall–Kier alpha value is -1.65. The minimum atomic E-state index is -4.23. The van der Waals surface area contributed by atoms with E-state index in [1.54, 1.807) is 0 Å². The van der Waals surface area contributed by atoms with Gasteiger partial charge in [-0.1, -0.05) is 11.6 Å². The van der Waals surface area contributed by atoms with Crippen LogP contribution in [0.4, 0.5) is 0 Å². The molecule has 0 amide bonds. The molecule has 0 aliphatic carbocycles. The maximum atomic E-state index is 12.0. The van der Waals surface area contributed by atoms with Crippen molar-refractivity contribution in [1.29, 1.82) is 0 Å². The third-order valence-electron chi connectivity index (χ3n) is 2.34. The molecule has 1 unspecified atom stereocenters. The van der Waals surface area contributed by atoms with Crippen molar-refractivity contribution in [3.63, 3.8) is 0 Å². The standard InChI is InChI=1S/C9H12ClN3O6S/c1-13-8(5(10)4-11-13)20(18,19)12-6(9(16)17)2-3-7(14)15/h4,6,12H,2-3H2,1H3,(H,14,15)(H,16,17). The molecule has 20 heavy (non-hydrogen) atoms. The molecule has 1 aromatic rings. The zero-order valence-corrected chi connectivity index (χ0v) is 11.8. The largest absolute Gasteiger partial charge is 0.481 e. The van der Waals surface area contributed by atoms with E-state index in [2.05, 4.69) is 5.10 Å². The van der Waals surface area contributed by atoms with Crippen molar-refractivity contribution in [2.45, 2.75) is 23.9 Å². The topological polar surface area (TPSA) is 139 Å². The smallest absolute Gasteiger partial charge is 0.321 e. The lowest BCUT2D eigenvalue weighted by molar-refractivity contribution is -0.140. The van der Waals surface area contributed by atoms with E-state index >= 15 is 0 Å². The van der Waals surface area contributed by atoms with E-state index in [0.29, 0.717) is 0 Å². The summed E-state index contributed by atoms with van der Waals surface area (Å²) in [6.45, 7) is 0. The van der Waals surface area contributed by atoms with Gasteiger partial charge in [0.2, 0.25) is 0 Å². The molecular weight excluding hydrogens is 314 g/mol. The number of carbonyl (C=O) groups is 2. The van der Waals surface area contributed by atoms with Crippen LogP contribution in [0.3, 0.4) is 0 Å². The van der Waals surface area contributed by atoms with Crippen molar-refractivity contribution in [3.8, 4) is 0 Å². The van der Waals surface area contributed by atoms with E-state index in [4.69, 9.17) is 21.8 Å². The number of aromatic nitrogens is 2. The van der Waals surface area contributed by atoms with E-state index in [1.165, 1.54) is 7.05 Å². The van der Waals surface area contributed by atoms with Gasteiger partial charge >= 0.3 is 11.9 Å². The summed E-state index contributed by atoms with van der Waals surface area (Å²) in [7, 11) is -2.90. The Morgan fingerprint density at radius 2 is 2.10 bits per heavy atom. The molecule has 11 heteroatoms. The van der Waals surface area contributed by atoms with Crippen LogP contribution in [0, 0.1) is 0 Å². The molecule has 0 saturated heterocycles. The highest BCUT2D eigenvalue weighted by Crippen LogP contribution is 2.20. The van der Waals surface area contributed by atoms with E-state index in [-0.39, 0.29) is 16.5 Å². The average molecular weight is 326 g/mol. The Labute approximate surface area is 119 Å². The maximum Gasteiger partial charge on any atom is 0.321 e. The van der Waals surface area contributed by atoms with Gasteiger partial charge in [-0.25, -0.2) is 8.42 Å². The van der Waals surface area contributed by atoms with Crippen LogP contribution < -0.4 is 4.72 Å². The lowest BCUT2D eigenvalue weighted by atomic mass is 10.2. The first-order valence-electron chi connectivity index (χ1n) is 5.29. The van der Waals surface area contributed by atoms with Crippen molar-refractivity contribution >= 4 is 33.6 Å². The number of aliphatic carboxylic acids is 2. The molecule has 0 radical (unpaired) electrons. The maximum absolute atomic E-state index is 12.0. The van der Waals surface area contributed by atoms with E-state index in [0.717, 1.165) is 10.9 Å². The Bertz CT molecular complexity index is 606. The number of nitrogens with one attached hydrogen (secondary N) is 1. The molecule has 1 heterocycles. The van der Waals surface area contributed by atoms with Crippen LogP contribution in [0.1, 0.15) is 12.8 Å². The van der Waals surface area contributed by atoms with Gasteiger partial charge < -0.3 is 10.2 Å². The number of sulfonamides is 1. The van der Waals surface area contributed by atoms with Crippen molar-refractivity contribution in [3.05, 3.63) is 11.2 Å². The molecule has 0 aliphatic rings. The summed E-state index contributed by atoms with van der Waals surface area (Å²) in [5.74, 6) is -2.71. The number of nitrogens with zero attached hydrogens (tertiary/aromatic N) is 2. The lowest BCUT2D eigenvalue weighted by Gasteiger charge is -2.14. The minimum Gasteiger partial charge on any atom is -0.481 e. The van der Waals surface area contributed by atoms with Crippen molar-refractivity contribution in [2.24, 2.45) is 7.05 Å². The quantitative estimate of drug-likeness (QED) is 0.623. The van der Waals surface area contributed by atoms with Crippen LogP contribution in [-0.2, 0) is 26.7 Å². The fourth-order valence-corrected chi connectivity index (χ4v) is 3.33. The monoisotopic (exact) mass is 325 g/mol. The number of halogens is 1. The molecule has 1 aromatic heterocycles. The van der Waals surface area contributed by atoms with E-state index in [9.17, 15) is 18.0 Å². The molecule has 0 bridgehead atoms. The molecular formula is C9H12ClN3O6S. The molecule has 0 aromatic carbocycles. The van der Waals surface area contributed by atoms with E-state index in [1.807, 2.05) is 4.72 Å². The molecule has 9 nitrogen and oxygen atoms in total. The molecule has 3 N–H and O–H groups in total. The predicted octanol–water partition coefficient (Wildman–Crippen LogP) is -0.330. The van der Waals surface area contributed by atoms with Gasteiger partial charge in [0.25, 0.3) is 10.0 Å². The summed E-state index contributed by atoms with van der Waals surface area (Å²) >= 11 is 5.68. The Balaban J connectivity index is 2.98. The van der Waals surface area contributed by atoms with Crippen LogP contribution in [0.25, 0.3) is 0 Å². The number of carboxylic acids is 2. The molecule has 1 rings (SSSR count). The second-order valence-electron chi connectivity index (χ2n) is 3.87. The Morgan fingerprint density at radius 1 is 1.50 bits per heavy atom. The van der Waals surface area contributed by atoms with Crippen molar-refractivity contribution in [1.82, 2.24) is 14.5 Å². The summed E-state index contributed by atoms with van der Waals surface area (Å²) in [5, 5.41) is 20.5. The third-order valence-corrected chi connectivity index (χ3v) is 4.32. The summed E-state index contributed by atoms with van der Waals surface area (Å²) < 4.78 is 26.9. The first kappa shape index (κ1) is 16.4. The second-order valence-corrected chi connectivity index (χ2v) is 5.90. The van der Waals surface area contributed by atoms with Crippen LogP contribution in [-0.4, -0.2) is 46.4 Å². The van der Waals surface area contributed by atoms with Gasteiger partial charge in [-0.15, -0.1) is 0 Å². The van der Waals surface area contributed by atoms with Crippen LogP contribution in [0.5, 0.6) is 0 Å². The first-order valence-corrected chi connectivity index (χ1v) is 7.15. The van der Waals surface area contributed by atoms with Gasteiger partial charge in [-0.3, -0.25) is 14.3 Å². The zero-order valence-electron chi connectivity index (χ0n) is 10.3. The first-order chi connectivity index (χ1) is 9.15. The molecule has 112 valence electrons. The van der Waals surface area contributed by atoms with Crippen molar-refractivity contribution < 1.29 is 28.2 Å². The molecule has 1 atom stereocenters. The number of carboxylic acid groups (broad SMARTS) is 2. The van der Waals surface area contributed by atoms with Gasteiger partial charge in [0, 0.05) is 13.5 Å². The summed E-state index contributed by atoms with van der Waals surface area (Å²) in [5.41, 5.74) is 0. The number of aryl methyl sites for hydroxylation is 1. The zero-order chi connectivity index (χ0) is 15.5. The summed E-state index contributed by atoms with van der Waals surface area (Å²) in [6.07, 6.45) is 0.223. The highest BCUT2D eigenvalue weighted by Gasteiger charge is 2.29. The second kappa shape index (κ2) is 6.20. The van der Waals surface area contributed by atoms with Gasteiger partial charge in [-0.05, 0) is 6.42 Å². The SMILES string of the molecule is Cn1ncc(Cl)c1S(=O)(=O)NC(CCC(=O)O)C(=O)O. The molecule has 0 saturated carbocycles. The number of rotatable bonds is 7. The van der Waals surface area contributed by atoms with Crippen molar-refractivity contribution in [2.75, 3.05) is 0 Å². The Kier molecular flexibility index (Phi) is 5.09. The fourth-order valence-electron chi connectivity index (χ4n) is 1.45. The summed E-state index contributed by atoms with van der Waals surface area (Å²) in [6, 6.07) is -1.57. The highest BCUT2D eigenvalue weighted by molar-refractivity contribution is 7.89. The van der Waals surface area contributed by atoms with Gasteiger partial charge in [-0.2, -0.15) is 9.82 Å². The van der Waals surface area contributed by atoms with Crippen LogP contribution in [0.2, 0.25) is 5.02 Å². The van der Waals surface area contributed by atoms with Gasteiger partial charge in [0.1, 0.15) is 6.04 Å².